The van der Waals surface area contributed by atoms with Crippen molar-refractivity contribution in [3.63, 3.8) is 0 Å². The van der Waals surface area contributed by atoms with Crippen LogP contribution in [0.2, 0.25) is 0 Å². The lowest BCUT2D eigenvalue weighted by Gasteiger charge is -1.88. The SMILES string of the molecule is Cn1nc(-c2ncco2)cc1N. The van der Waals surface area contributed by atoms with Crippen molar-refractivity contribution in [1.82, 2.24) is 14.8 Å². The van der Waals surface area contributed by atoms with Gasteiger partial charge in [0.25, 0.3) is 0 Å². The van der Waals surface area contributed by atoms with E-state index in [1.807, 2.05) is 0 Å². The zero-order valence-electron chi connectivity index (χ0n) is 6.56. The van der Waals surface area contributed by atoms with Crippen LogP contribution in [0.5, 0.6) is 0 Å². The zero-order valence-corrected chi connectivity index (χ0v) is 6.56. The van der Waals surface area contributed by atoms with E-state index in [0.717, 1.165) is 0 Å². The predicted octanol–water partition coefficient (Wildman–Crippen LogP) is 0.657. The van der Waals surface area contributed by atoms with Gasteiger partial charge in [0.15, 0.2) is 0 Å². The number of nitrogens with zero attached hydrogens (tertiary/aromatic N) is 3. The molecule has 0 fully saturated rings. The van der Waals surface area contributed by atoms with Gasteiger partial charge in [-0.1, -0.05) is 0 Å². The molecule has 12 heavy (non-hydrogen) atoms. The summed E-state index contributed by atoms with van der Waals surface area (Å²) in [5.74, 6) is 1.07. The molecule has 0 aliphatic rings. The van der Waals surface area contributed by atoms with Gasteiger partial charge in [0, 0.05) is 13.1 Å². The van der Waals surface area contributed by atoms with Crippen LogP contribution in [-0.4, -0.2) is 14.8 Å². The van der Waals surface area contributed by atoms with Gasteiger partial charge < -0.3 is 10.2 Å². The lowest BCUT2D eigenvalue weighted by molar-refractivity contribution is 0.570. The molecule has 62 valence electrons. The maximum absolute atomic E-state index is 5.58. The Bertz CT molecular complexity index is 357. The maximum Gasteiger partial charge on any atom is 0.246 e. The summed E-state index contributed by atoms with van der Waals surface area (Å²) >= 11 is 0. The molecule has 0 bridgehead atoms. The Balaban J connectivity index is 2.48. The molecule has 0 aliphatic carbocycles. The Morgan fingerprint density at radius 2 is 2.42 bits per heavy atom. The van der Waals surface area contributed by atoms with Crippen LogP contribution >= 0.6 is 0 Å². The highest BCUT2D eigenvalue weighted by Gasteiger charge is 2.07. The minimum atomic E-state index is 0.488. The van der Waals surface area contributed by atoms with Gasteiger partial charge in [-0.3, -0.25) is 4.68 Å². The van der Waals surface area contributed by atoms with E-state index in [2.05, 4.69) is 10.1 Å². The van der Waals surface area contributed by atoms with Crippen LogP contribution in [0, 0.1) is 0 Å². The molecule has 5 heteroatoms. The van der Waals surface area contributed by atoms with Gasteiger partial charge in [-0.05, 0) is 0 Å². The minimum Gasteiger partial charge on any atom is -0.443 e. The quantitative estimate of drug-likeness (QED) is 0.672. The normalized spacial score (nSPS) is 10.4. The molecule has 2 heterocycles. The van der Waals surface area contributed by atoms with E-state index < -0.39 is 0 Å². The van der Waals surface area contributed by atoms with Crippen molar-refractivity contribution >= 4 is 5.82 Å². The number of hydrogen-bond donors (Lipinski definition) is 1. The topological polar surface area (TPSA) is 69.9 Å². The van der Waals surface area contributed by atoms with Crippen molar-refractivity contribution in [2.24, 2.45) is 7.05 Å². The highest BCUT2D eigenvalue weighted by Crippen LogP contribution is 2.16. The van der Waals surface area contributed by atoms with Gasteiger partial charge in [0.2, 0.25) is 5.89 Å². The number of aromatic nitrogens is 3. The summed E-state index contributed by atoms with van der Waals surface area (Å²) in [5.41, 5.74) is 6.23. The number of nitrogens with two attached hydrogens (primary N) is 1. The molecule has 0 aliphatic heterocycles. The summed E-state index contributed by atoms with van der Waals surface area (Å²) in [5, 5.41) is 4.09. The summed E-state index contributed by atoms with van der Waals surface area (Å²) in [6.45, 7) is 0. The van der Waals surface area contributed by atoms with E-state index in [-0.39, 0.29) is 0 Å². The van der Waals surface area contributed by atoms with E-state index in [1.54, 1.807) is 24.0 Å². The fourth-order valence-electron chi connectivity index (χ4n) is 0.936. The molecule has 0 amide bonds. The molecular formula is C7H8N4O. The second-order valence-corrected chi connectivity index (χ2v) is 2.42. The van der Waals surface area contributed by atoms with Crippen molar-refractivity contribution in [3.8, 4) is 11.6 Å². The van der Waals surface area contributed by atoms with Crippen LogP contribution in [0.1, 0.15) is 0 Å². The summed E-state index contributed by atoms with van der Waals surface area (Å²) in [6.07, 6.45) is 3.07. The average molecular weight is 164 g/mol. The van der Waals surface area contributed by atoms with E-state index in [9.17, 15) is 0 Å². The monoisotopic (exact) mass is 164 g/mol. The van der Waals surface area contributed by atoms with Gasteiger partial charge in [-0.25, -0.2) is 4.98 Å². The van der Waals surface area contributed by atoms with Crippen molar-refractivity contribution in [3.05, 3.63) is 18.5 Å². The Morgan fingerprint density at radius 3 is 2.92 bits per heavy atom. The van der Waals surface area contributed by atoms with Crippen molar-refractivity contribution in [2.75, 3.05) is 5.73 Å². The highest BCUT2D eigenvalue weighted by atomic mass is 16.3. The summed E-state index contributed by atoms with van der Waals surface area (Å²) in [6, 6.07) is 1.71. The smallest absolute Gasteiger partial charge is 0.246 e. The van der Waals surface area contributed by atoms with Crippen LogP contribution in [-0.2, 0) is 7.05 Å². The van der Waals surface area contributed by atoms with Gasteiger partial charge in [-0.2, -0.15) is 5.10 Å². The molecule has 0 radical (unpaired) electrons. The molecule has 0 unspecified atom stereocenters. The van der Waals surface area contributed by atoms with Crippen molar-refractivity contribution in [2.45, 2.75) is 0 Å². The molecule has 0 saturated carbocycles. The van der Waals surface area contributed by atoms with E-state index in [1.165, 1.54) is 6.26 Å². The number of nitrogen functional groups attached to an aromatic ring is 1. The maximum atomic E-state index is 5.58. The first kappa shape index (κ1) is 6.90. The zero-order chi connectivity index (χ0) is 8.55. The number of aryl methyl sites for hydroxylation is 1. The van der Waals surface area contributed by atoms with Gasteiger partial charge in [0.05, 0.1) is 6.20 Å². The summed E-state index contributed by atoms with van der Waals surface area (Å²) in [7, 11) is 1.77. The fourth-order valence-corrected chi connectivity index (χ4v) is 0.936. The summed E-state index contributed by atoms with van der Waals surface area (Å²) < 4.78 is 6.61. The van der Waals surface area contributed by atoms with Gasteiger partial charge in [-0.15, -0.1) is 0 Å². The molecular weight excluding hydrogens is 156 g/mol. The van der Waals surface area contributed by atoms with Crippen molar-refractivity contribution in [1.29, 1.82) is 0 Å². The molecule has 0 atom stereocenters. The highest BCUT2D eigenvalue weighted by molar-refractivity contribution is 5.52. The third kappa shape index (κ3) is 0.952. The fraction of sp³-hybridized carbons (Fsp3) is 0.143. The number of rotatable bonds is 1. The number of oxazole rings is 1. The lowest BCUT2D eigenvalue weighted by Crippen LogP contribution is -1.96. The van der Waals surface area contributed by atoms with Crippen LogP contribution in [0.25, 0.3) is 11.6 Å². The first-order valence-electron chi connectivity index (χ1n) is 3.47. The Labute approximate surface area is 68.8 Å². The largest absolute Gasteiger partial charge is 0.443 e. The third-order valence-corrected chi connectivity index (χ3v) is 1.57. The Morgan fingerprint density at radius 1 is 1.58 bits per heavy atom. The standard InChI is InChI=1S/C7H8N4O/c1-11-6(8)4-5(10-11)7-9-2-3-12-7/h2-4H,8H2,1H3. The lowest BCUT2D eigenvalue weighted by atomic mass is 10.4. The molecule has 2 aromatic rings. The summed E-state index contributed by atoms with van der Waals surface area (Å²) in [4.78, 5) is 3.94. The predicted molar refractivity (Wildman–Crippen MR) is 43.1 cm³/mol. The molecule has 2 aromatic heterocycles. The molecule has 0 spiro atoms. The molecule has 2 rings (SSSR count). The molecule has 5 nitrogen and oxygen atoms in total. The Kier molecular flexibility index (Phi) is 1.36. The number of hydrogen-bond acceptors (Lipinski definition) is 4. The first-order chi connectivity index (χ1) is 5.77. The third-order valence-electron chi connectivity index (χ3n) is 1.57. The second-order valence-electron chi connectivity index (χ2n) is 2.42. The molecule has 0 aromatic carbocycles. The minimum absolute atomic E-state index is 0.488. The van der Waals surface area contributed by atoms with Gasteiger partial charge in [0.1, 0.15) is 17.8 Å². The van der Waals surface area contributed by atoms with E-state index >= 15 is 0 Å². The van der Waals surface area contributed by atoms with Crippen LogP contribution in [0.4, 0.5) is 5.82 Å². The van der Waals surface area contributed by atoms with E-state index in [0.29, 0.717) is 17.4 Å². The Hall–Kier alpha value is -1.78. The number of anilines is 1. The molecule has 0 saturated heterocycles. The van der Waals surface area contributed by atoms with Crippen LogP contribution < -0.4 is 5.73 Å². The van der Waals surface area contributed by atoms with E-state index in [4.69, 9.17) is 10.2 Å². The second kappa shape index (κ2) is 2.37. The van der Waals surface area contributed by atoms with Crippen LogP contribution in [0.3, 0.4) is 0 Å². The van der Waals surface area contributed by atoms with Gasteiger partial charge >= 0.3 is 0 Å². The van der Waals surface area contributed by atoms with Crippen LogP contribution in [0.15, 0.2) is 22.9 Å². The average Bonchev–Trinajstić information content (AvgIpc) is 2.61. The first-order valence-corrected chi connectivity index (χ1v) is 3.47. The molecule has 2 N–H and O–H groups in total. The van der Waals surface area contributed by atoms with Crippen molar-refractivity contribution < 1.29 is 4.42 Å².